The molecule has 10 nitrogen and oxygen atoms in total. The maximum atomic E-state index is 15.4. The molecule has 6 unspecified atom stereocenters. The molecular formula is C42H37Cl2N3O7. The zero-order valence-corrected chi connectivity index (χ0v) is 31.0. The number of phenolic OH excluding ortho intramolecular Hbond substituents is 1. The third-order valence-corrected chi connectivity index (χ3v) is 12.1. The Bertz CT molecular complexity index is 2210. The summed E-state index contributed by atoms with van der Waals surface area (Å²) >= 11 is 12.7. The van der Waals surface area contributed by atoms with Gasteiger partial charge in [0.05, 0.1) is 41.0 Å². The number of amides is 4. The van der Waals surface area contributed by atoms with Gasteiger partial charge in [-0.05, 0) is 73.2 Å². The van der Waals surface area contributed by atoms with Crippen molar-refractivity contribution in [3.63, 3.8) is 0 Å². The molecule has 276 valence electrons. The van der Waals surface area contributed by atoms with E-state index in [0.717, 1.165) is 16.1 Å². The number of halogens is 2. The second-order valence-corrected chi connectivity index (χ2v) is 15.0. The Labute approximate surface area is 322 Å². The third-order valence-electron chi connectivity index (χ3n) is 11.5. The number of phenols is 1. The normalized spacial score (nSPS) is 25.9. The lowest BCUT2D eigenvalue weighted by Crippen LogP contribution is -2.53. The van der Waals surface area contributed by atoms with Crippen molar-refractivity contribution in [1.29, 1.82) is 0 Å². The van der Waals surface area contributed by atoms with Crippen LogP contribution in [0.25, 0.3) is 0 Å². The monoisotopic (exact) mass is 765 g/mol. The molecule has 2 heterocycles. The first-order chi connectivity index (χ1) is 26.1. The fraction of sp³-hybridized carbons (Fsp3) is 0.286. The topological polar surface area (TPSA) is 125 Å². The van der Waals surface area contributed by atoms with Crippen LogP contribution in [-0.2, 0) is 31.2 Å². The van der Waals surface area contributed by atoms with E-state index >= 15 is 4.79 Å². The summed E-state index contributed by atoms with van der Waals surface area (Å²) in [5.41, 5.74) is 4.25. The summed E-state index contributed by atoms with van der Waals surface area (Å²) in [6, 6.07) is 26.3. The molecular weight excluding hydrogens is 729 g/mol. The van der Waals surface area contributed by atoms with Crippen molar-refractivity contribution in [2.75, 3.05) is 19.1 Å². The minimum absolute atomic E-state index is 0.113. The summed E-state index contributed by atoms with van der Waals surface area (Å²) in [6.45, 7) is 2.27. The van der Waals surface area contributed by atoms with Gasteiger partial charge in [-0.1, -0.05) is 83.4 Å². The number of benzene rings is 4. The molecule has 2 aliphatic carbocycles. The fourth-order valence-corrected chi connectivity index (χ4v) is 9.61. The standard InChI is InChI=1S/C42H37Cl2N3O7/c1-3-46-38(49)30-17-16-28-31(36(30)40(46)51)21-32-39(50)47(45-34-18-11-25(43)19-33(34)44)41(52)42(32,24-9-12-26(53-2)13-10-24)37(28)29-15-14-27(20-35(29)48)54-22-23-7-5-4-6-8-23/h4-16,18-20,30-32,36-37,45,48H,3,17,21-22H2,1-2H3. The van der Waals surface area contributed by atoms with Crippen molar-refractivity contribution < 1.29 is 33.8 Å². The SMILES string of the molecule is CCN1C(=O)C2CC=C3C(CC4C(=O)N(Nc5ccc(Cl)cc5Cl)C(=O)C4(c4ccc(OC)cc4)C3c3ccc(OCc4ccccc4)cc3O)C2C1=O. The summed E-state index contributed by atoms with van der Waals surface area (Å²) in [5, 5.41) is 13.5. The Hall–Kier alpha value is -5.32. The van der Waals surface area contributed by atoms with Crippen LogP contribution in [0.2, 0.25) is 10.0 Å². The molecule has 2 saturated heterocycles. The van der Waals surface area contributed by atoms with Gasteiger partial charge in [-0.25, -0.2) is 0 Å². The molecule has 4 aromatic rings. The number of hydrogen-bond acceptors (Lipinski definition) is 8. The Morgan fingerprint density at radius 1 is 0.870 bits per heavy atom. The van der Waals surface area contributed by atoms with Crippen molar-refractivity contribution in [3.05, 3.63) is 129 Å². The minimum atomic E-state index is -1.61. The van der Waals surface area contributed by atoms with E-state index < -0.39 is 46.8 Å². The average Bonchev–Trinajstić information content (AvgIpc) is 3.55. The molecule has 2 N–H and O–H groups in total. The number of rotatable bonds is 9. The number of nitrogens with one attached hydrogen (secondary N) is 1. The number of carbonyl (C=O) groups is 4. The number of hydrogen-bond donors (Lipinski definition) is 2. The molecule has 8 rings (SSSR count). The van der Waals surface area contributed by atoms with Crippen LogP contribution in [-0.4, -0.2) is 52.3 Å². The summed E-state index contributed by atoms with van der Waals surface area (Å²) in [7, 11) is 1.54. The average molecular weight is 767 g/mol. The van der Waals surface area contributed by atoms with E-state index in [2.05, 4.69) is 5.43 Å². The third kappa shape index (κ3) is 5.53. The van der Waals surface area contributed by atoms with Gasteiger partial charge in [0.15, 0.2) is 0 Å². The van der Waals surface area contributed by atoms with E-state index in [0.29, 0.717) is 27.6 Å². The molecule has 12 heteroatoms. The number of fused-ring (bicyclic) bond motifs is 4. The Morgan fingerprint density at radius 3 is 2.30 bits per heavy atom. The van der Waals surface area contributed by atoms with Crippen molar-refractivity contribution in [1.82, 2.24) is 9.91 Å². The zero-order valence-electron chi connectivity index (χ0n) is 29.5. The van der Waals surface area contributed by atoms with Crippen LogP contribution in [0.5, 0.6) is 17.2 Å². The van der Waals surface area contributed by atoms with Crippen LogP contribution in [0.3, 0.4) is 0 Å². The Balaban J connectivity index is 1.31. The smallest absolute Gasteiger partial charge is 0.260 e. The van der Waals surface area contributed by atoms with Gasteiger partial charge >= 0.3 is 0 Å². The molecule has 0 spiro atoms. The first-order valence-corrected chi connectivity index (χ1v) is 18.6. The molecule has 4 amide bonds. The molecule has 0 bridgehead atoms. The molecule has 0 radical (unpaired) electrons. The number of aromatic hydroxyl groups is 1. The Morgan fingerprint density at radius 2 is 1.61 bits per heavy atom. The van der Waals surface area contributed by atoms with Crippen LogP contribution in [0.4, 0.5) is 5.69 Å². The van der Waals surface area contributed by atoms with Gasteiger partial charge in [0.1, 0.15) is 23.9 Å². The molecule has 2 aliphatic heterocycles. The van der Waals surface area contributed by atoms with Gasteiger partial charge in [-0.3, -0.25) is 29.5 Å². The lowest BCUT2D eigenvalue weighted by Gasteiger charge is -2.50. The van der Waals surface area contributed by atoms with Crippen LogP contribution in [0.1, 0.15) is 42.4 Å². The quantitative estimate of drug-likeness (QED) is 0.135. The molecule has 0 aromatic heterocycles. The summed E-state index contributed by atoms with van der Waals surface area (Å²) < 4.78 is 11.5. The number of ether oxygens (including phenoxy) is 2. The highest BCUT2D eigenvalue weighted by molar-refractivity contribution is 6.36. The molecule has 6 atom stereocenters. The van der Waals surface area contributed by atoms with Crippen LogP contribution < -0.4 is 14.9 Å². The Kier molecular flexibility index (Phi) is 9.14. The van der Waals surface area contributed by atoms with Gasteiger partial charge in [-0.2, -0.15) is 5.01 Å². The number of methoxy groups -OCH3 is 1. The number of carbonyl (C=O) groups excluding carboxylic acids is 4. The van der Waals surface area contributed by atoms with E-state index in [1.807, 2.05) is 36.4 Å². The highest BCUT2D eigenvalue weighted by Gasteiger charge is 2.70. The summed E-state index contributed by atoms with van der Waals surface area (Å²) in [4.78, 5) is 59.1. The van der Waals surface area contributed by atoms with E-state index in [-0.39, 0.29) is 54.3 Å². The van der Waals surface area contributed by atoms with Crippen LogP contribution in [0, 0.1) is 23.7 Å². The highest BCUT2D eigenvalue weighted by atomic mass is 35.5. The highest BCUT2D eigenvalue weighted by Crippen LogP contribution is 2.65. The largest absolute Gasteiger partial charge is 0.508 e. The van der Waals surface area contributed by atoms with E-state index in [9.17, 15) is 19.5 Å². The van der Waals surface area contributed by atoms with Crippen LogP contribution in [0.15, 0.2) is 103 Å². The number of hydrazine groups is 1. The first kappa shape index (κ1) is 35.7. The fourth-order valence-electron chi connectivity index (χ4n) is 9.16. The number of allylic oxidation sites excluding steroid dienone is 2. The number of anilines is 1. The number of nitrogens with zero attached hydrogens (tertiary/aromatic N) is 2. The van der Waals surface area contributed by atoms with E-state index in [4.69, 9.17) is 32.7 Å². The van der Waals surface area contributed by atoms with E-state index in [1.165, 1.54) is 24.1 Å². The van der Waals surface area contributed by atoms with E-state index in [1.54, 1.807) is 55.5 Å². The van der Waals surface area contributed by atoms with Gasteiger partial charge in [0.25, 0.3) is 11.8 Å². The maximum Gasteiger partial charge on any atom is 0.260 e. The van der Waals surface area contributed by atoms with Gasteiger partial charge in [0.2, 0.25) is 11.8 Å². The molecule has 3 fully saturated rings. The zero-order chi connectivity index (χ0) is 37.9. The maximum absolute atomic E-state index is 15.4. The number of likely N-dealkylation sites (tertiary alicyclic amines) is 1. The predicted molar refractivity (Wildman–Crippen MR) is 202 cm³/mol. The summed E-state index contributed by atoms with van der Waals surface area (Å²) in [6.07, 6.45) is 2.34. The van der Waals surface area contributed by atoms with Crippen molar-refractivity contribution in [3.8, 4) is 17.2 Å². The van der Waals surface area contributed by atoms with Crippen molar-refractivity contribution in [2.45, 2.75) is 37.7 Å². The predicted octanol–water partition coefficient (Wildman–Crippen LogP) is 7.29. The molecule has 4 aliphatic rings. The van der Waals surface area contributed by atoms with Gasteiger partial charge in [-0.15, -0.1) is 0 Å². The first-order valence-electron chi connectivity index (χ1n) is 17.9. The minimum Gasteiger partial charge on any atom is -0.508 e. The van der Waals surface area contributed by atoms with Crippen LogP contribution >= 0.6 is 23.2 Å². The molecule has 54 heavy (non-hydrogen) atoms. The second kappa shape index (κ2) is 13.8. The summed E-state index contributed by atoms with van der Waals surface area (Å²) in [5.74, 6) is -4.62. The number of imide groups is 2. The van der Waals surface area contributed by atoms with Gasteiger partial charge in [0, 0.05) is 29.1 Å². The molecule has 4 aromatic carbocycles. The lowest BCUT2D eigenvalue weighted by atomic mass is 9.49. The second-order valence-electron chi connectivity index (χ2n) is 14.1. The van der Waals surface area contributed by atoms with Crippen molar-refractivity contribution >= 4 is 52.5 Å². The molecule has 1 saturated carbocycles. The van der Waals surface area contributed by atoms with Gasteiger partial charge < -0.3 is 14.6 Å². The lowest BCUT2D eigenvalue weighted by molar-refractivity contribution is -0.141. The van der Waals surface area contributed by atoms with Crippen molar-refractivity contribution in [2.24, 2.45) is 23.7 Å².